The lowest BCUT2D eigenvalue weighted by molar-refractivity contribution is 0.0779. The van der Waals surface area contributed by atoms with Crippen molar-refractivity contribution in [2.45, 2.75) is 32.1 Å². The normalized spacial score (nSPS) is 20.3. The Morgan fingerprint density at radius 2 is 2.06 bits per heavy atom. The fourth-order valence-corrected chi connectivity index (χ4v) is 5.14. The van der Waals surface area contributed by atoms with Gasteiger partial charge in [0.25, 0.3) is 11.8 Å². The van der Waals surface area contributed by atoms with Gasteiger partial charge in [0, 0.05) is 54.0 Å². The zero-order chi connectivity index (χ0) is 26.2. The maximum atomic E-state index is 16.1. The van der Waals surface area contributed by atoms with Crippen LogP contribution in [0.1, 0.15) is 60.2 Å². The van der Waals surface area contributed by atoms with Gasteiger partial charge in [-0.25, -0.2) is 14.4 Å². The van der Waals surface area contributed by atoms with Crippen LogP contribution in [0.5, 0.6) is 0 Å². The molecule has 1 atom stereocenters. The lowest BCUT2D eigenvalue weighted by Crippen LogP contribution is -2.35. The summed E-state index contributed by atoms with van der Waals surface area (Å²) >= 11 is 6.07. The Kier molecular flexibility index (Phi) is 3.94. The molecule has 9 nitrogen and oxygen atoms in total. The number of aromatic amines is 1. The number of pyridine rings is 1. The zero-order valence-electron chi connectivity index (χ0n) is 21.1. The molecule has 0 saturated heterocycles. The van der Waals surface area contributed by atoms with Gasteiger partial charge in [-0.05, 0) is 35.6 Å². The van der Waals surface area contributed by atoms with Crippen LogP contribution in [-0.2, 0) is 19.3 Å². The van der Waals surface area contributed by atoms with Gasteiger partial charge in [0.15, 0.2) is 11.6 Å². The number of H-pyrrole nitrogens is 1. The summed E-state index contributed by atoms with van der Waals surface area (Å²) in [7, 11) is 0. The Labute approximate surface area is 203 Å². The van der Waals surface area contributed by atoms with Crippen LogP contribution < -0.4 is 10.6 Å². The number of anilines is 2. The smallest absolute Gasteiger partial charge is 0.259 e. The molecule has 0 saturated carbocycles. The van der Waals surface area contributed by atoms with E-state index in [9.17, 15) is 9.59 Å². The molecule has 0 bridgehead atoms. The molecule has 34 heavy (non-hydrogen) atoms. The Morgan fingerprint density at radius 1 is 1.21 bits per heavy atom. The van der Waals surface area contributed by atoms with Crippen LogP contribution in [0, 0.1) is 5.82 Å². The van der Waals surface area contributed by atoms with Gasteiger partial charge >= 0.3 is 0 Å². The van der Waals surface area contributed by atoms with Crippen molar-refractivity contribution < 1.29 is 18.1 Å². The monoisotopic (exact) mass is 484 g/mol. The number of likely N-dealkylation sites (N-methyl/N-ethyl adjacent to an activating group) is 1. The first-order chi connectivity index (χ1) is 17.5. The van der Waals surface area contributed by atoms with Gasteiger partial charge in [-0.15, -0.1) is 0 Å². The molecular formula is C23H21ClFN7O2. The third kappa shape index (κ3) is 3.01. The number of hydrogen-bond acceptors (Lipinski definition) is 6. The summed E-state index contributed by atoms with van der Waals surface area (Å²) < 4.78 is 39.1. The van der Waals surface area contributed by atoms with E-state index < -0.39 is 18.7 Å². The average molecular weight is 485 g/mol. The number of nitrogens with zero attached hydrogens (tertiary/aromatic N) is 4. The van der Waals surface area contributed by atoms with Gasteiger partial charge in [0.1, 0.15) is 11.4 Å². The summed E-state index contributed by atoms with van der Waals surface area (Å²) in [5.74, 6) is -1.97. The molecule has 3 N–H and O–H groups in total. The van der Waals surface area contributed by atoms with Crippen molar-refractivity contribution in [3.8, 4) is 11.3 Å². The maximum absolute atomic E-state index is 16.1. The standard InChI is InChI=1S/C23H21ClFN7O2/c1-9-7-27-21(33)14-11-4-3-10-8-26-20(16(25)13(10)18(11)29-17(9)14)30-19-15-12(28-23(24)31-19)5-6-32(2)22(15)34/h8-9,29H,3-7H2,1-2H3,(H,27,33)(H,26,28,30,31)/t9-/m1/s1/i2D3. The van der Waals surface area contributed by atoms with Gasteiger partial charge in [0.2, 0.25) is 5.28 Å². The van der Waals surface area contributed by atoms with Gasteiger partial charge < -0.3 is 20.5 Å². The minimum atomic E-state index is -2.66. The summed E-state index contributed by atoms with van der Waals surface area (Å²) in [6, 6.07) is 0. The first kappa shape index (κ1) is 17.9. The van der Waals surface area contributed by atoms with Crippen LogP contribution >= 0.6 is 11.6 Å². The lowest BCUT2D eigenvalue weighted by atomic mass is 9.87. The average Bonchev–Trinajstić information content (AvgIpc) is 3.23. The second-order valence-electron chi connectivity index (χ2n) is 8.69. The van der Waals surface area contributed by atoms with Gasteiger partial charge in [-0.1, -0.05) is 6.92 Å². The van der Waals surface area contributed by atoms with Crippen LogP contribution in [0.15, 0.2) is 6.20 Å². The highest BCUT2D eigenvalue weighted by molar-refractivity contribution is 6.28. The molecule has 0 radical (unpaired) electrons. The first-order valence-corrected chi connectivity index (χ1v) is 11.3. The van der Waals surface area contributed by atoms with E-state index in [1.807, 2.05) is 6.92 Å². The van der Waals surface area contributed by atoms with Crippen molar-refractivity contribution in [1.82, 2.24) is 30.2 Å². The number of aromatic nitrogens is 4. The second kappa shape index (κ2) is 7.49. The van der Waals surface area contributed by atoms with Crippen LogP contribution in [0.4, 0.5) is 16.0 Å². The van der Waals surface area contributed by atoms with E-state index in [0.717, 1.165) is 16.2 Å². The first-order valence-electron chi connectivity index (χ1n) is 12.4. The second-order valence-corrected chi connectivity index (χ2v) is 9.03. The zero-order valence-corrected chi connectivity index (χ0v) is 18.8. The third-order valence-electron chi connectivity index (χ3n) is 6.64. The Hall–Kier alpha value is -3.53. The number of rotatable bonds is 2. The van der Waals surface area contributed by atoms with Crippen molar-refractivity contribution in [3.63, 3.8) is 0 Å². The fraction of sp³-hybridized carbons (Fsp3) is 0.348. The number of carbonyl (C=O) groups excluding carboxylic acids is 2. The van der Waals surface area contributed by atoms with E-state index in [1.165, 1.54) is 0 Å². The van der Waals surface area contributed by atoms with Crippen LogP contribution in [0.25, 0.3) is 11.3 Å². The number of amides is 2. The van der Waals surface area contributed by atoms with Crippen molar-refractivity contribution in [2.75, 3.05) is 25.4 Å². The summed E-state index contributed by atoms with van der Waals surface area (Å²) in [4.78, 5) is 42.1. The predicted molar refractivity (Wildman–Crippen MR) is 123 cm³/mol. The Morgan fingerprint density at radius 3 is 2.88 bits per heavy atom. The molecule has 6 rings (SSSR count). The number of nitrogens with one attached hydrogen (secondary N) is 3. The van der Waals surface area contributed by atoms with Crippen molar-refractivity contribution in [3.05, 3.63) is 50.9 Å². The molecule has 0 unspecified atom stereocenters. The van der Waals surface area contributed by atoms with E-state index in [0.29, 0.717) is 36.2 Å². The Balaban J connectivity index is 1.45. The van der Waals surface area contributed by atoms with Gasteiger partial charge in [-0.2, -0.15) is 4.98 Å². The molecule has 2 amide bonds. The minimum absolute atomic E-state index is 0.0473. The summed E-state index contributed by atoms with van der Waals surface area (Å²) in [6.07, 6.45) is 2.75. The molecule has 11 heteroatoms. The number of carbonyl (C=O) groups is 2. The molecule has 0 fully saturated rings. The number of halogens is 2. The topological polar surface area (TPSA) is 116 Å². The maximum Gasteiger partial charge on any atom is 0.259 e. The number of hydrogen-bond donors (Lipinski definition) is 3. The molecule has 3 aromatic heterocycles. The highest BCUT2D eigenvalue weighted by Gasteiger charge is 2.35. The number of fused-ring (bicyclic) bond motifs is 6. The molecule has 2 aliphatic heterocycles. The molecule has 1 aliphatic carbocycles. The van der Waals surface area contributed by atoms with E-state index >= 15 is 4.39 Å². The van der Waals surface area contributed by atoms with Gasteiger partial charge in [-0.3, -0.25) is 9.59 Å². The molecule has 5 heterocycles. The third-order valence-corrected chi connectivity index (χ3v) is 6.81. The van der Waals surface area contributed by atoms with Gasteiger partial charge in [0.05, 0.1) is 17.0 Å². The Bertz CT molecular complexity index is 1510. The summed E-state index contributed by atoms with van der Waals surface area (Å²) in [5, 5.41) is 5.46. The molecule has 3 aromatic rings. The molecule has 3 aliphatic rings. The highest BCUT2D eigenvalue weighted by atomic mass is 35.5. The molecule has 0 aromatic carbocycles. The van der Waals surface area contributed by atoms with E-state index in [1.54, 1.807) is 6.20 Å². The summed E-state index contributed by atoms with van der Waals surface area (Å²) in [5.41, 5.74) is 3.78. The van der Waals surface area contributed by atoms with Crippen LogP contribution in [0.3, 0.4) is 0 Å². The van der Waals surface area contributed by atoms with Crippen molar-refractivity contribution in [2.24, 2.45) is 0 Å². The van der Waals surface area contributed by atoms with E-state index in [-0.39, 0.29) is 58.5 Å². The largest absolute Gasteiger partial charge is 0.357 e. The molecule has 174 valence electrons. The predicted octanol–water partition coefficient (Wildman–Crippen LogP) is 2.98. The quantitative estimate of drug-likeness (QED) is 0.481. The fourth-order valence-electron chi connectivity index (χ4n) is 4.96. The van der Waals surface area contributed by atoms with E-state index in [2.05, 4.69) is 30.6 Å². The van der Waals surface area contributed by atoms with Crippen molar-refractivity contribution in [1.29, 1.82) is 0 Å². The van der Waals surface area contributed by atoms with E-state index in [4.69, 9.17) is 15.7 Å². The van der Waals surface area contributed by atoms with Crippen LogP contribution in [-0.4, -0.2) is 56.7 Å². The minimum Gasteiger partial charge on any atom is -0.357 e. The van der Waals surface area contributed by atoms with Crippen LogP contribution in [0.2, 0.25) is 5.28 Å². The SMILES string of the molecule is [2H]C([2H])([2H])N1CCc2nc(Cl)nc(Nc3ncc4c(c3F)-c3[nH]c5c(c3CC4)C(=O)NC[C@H]5C)c2C1=O. The lowest BCUT2D eigenvalue weighted by Gasteiger charge is -2.26. The molecular weight excluding hydrogens is 461 g/mol. The highest BCUT2D eigenvalue weighted by Crippen LogP contribution is 2.42. The summed E-state index contributed by atoms with van der Waals surface area (Å²) in [6.45, 7) is -0.246. The molecule has 0 spiro atoms. The van der Waals surface area contributed by atoms with Crippen molar-refractivity contribution >= 4 is 35.1 Å². The number of aryl methyl sites for hydroxylation is 1.